The van der Waals surface area contributed by atoms with Crippen molar-refractivity contribution >= 4 is 25.1 Å². The van der Waals surface area contributed by atoms with Gasteiger partial charge in [-0.2, -0.15) is 5.10 Å². The lowest BCUT2D eigenvalue weighted by Crippen LogP contribution is -2.24. The van der Waals surface area contributed by atoms with E-state index in [-0.39, 0.29) is 17.7 Å². The minimum Gasteiger partial charge on any atom is -0.432 e. The molecule has 0 spiro atoms. The highest BCUT2D eigenvalue weighted by Crippen LogP contribution is 2.37. The second-order valence-corrected chi connectivity index (χ2v) is 6.57. The van der Waals surface area contributed by atoms with Crippen molar-refractivity contribution in [3.05, 3.63) is 53.9 Å². The van der Waals surface area contributed by atoms with E-state index in [2.05, 4.69) is 20.3 Å². The van der Waals surface area contributed by atoms with Gasteiger partial charge in [-0.25, -0.2) is 18.3 Å². The molecule has 28 heavy (non-hydrogen) atoms. The van der Waals surface area contributed by atoms with Gasteiger partial charge in [0.2, 0.25) is 0 Å². The van der Waals surface area contributed by atoms with Crippen molar-refractivity contribution in [3.8, 4) is 11.5 Å². The van der Waals surface area contributed by atoms with Gasteiger partial charge in [-0.1, -0.05) is 0 Å². The number of fused-ring (bicyclic) bond motifs is 1. The van der Waals surface area contributed by atoms with E-state index in [1.807, 2.05) is 4.90 Å². The van der Waals surface area contributed by atoms with Crippen molar-refractivity contribution in [2.75, 3.05) is 11.4 Å². The summed E-state index contributed by atoms with van der Waals surface area (Å²) in [5, 5.41) is 11.8. The van der Waals surface area contributed by atoms with Crippen LogP contribution in [0, 0.1) is 11.6 Å². The van der Waals surface area contributed by atoms with Gasteiger partial charge in [-0.15, -0.1) is 10.2 Å². The van der Waals surface area contributed by atoms with Crippen LogP contribution in [0.4, 0.5) is 14.6 Å². The third-order valence-corrected chi connectivity index (χ3v) is 4.89. The summed E-state index contributed by atoms with van der Waals surface area (Å²) in [5.74, 6) is -0.0876. The molecule has 1 aromatic carbocycles. The molecule has 0 bridgehead atoms. The normalized spacial score (nSPS) is 16.9. The molecular formula is C18H13BF2N6O. The van der Waals surface area contributed by atoms with E-state index in [1.165, 1.54) is 6.07 Å². The van der Waals surface area contributed by atoms with E-state index in [1.54, 1.807) is 23.0 Å². The third-order valence-electron chi connectivity index (χ3n) is 4.89. The summed E-state index contributed by atoms with van der Waals surface area (Å²) in [7, 11) is 5.50. The summed E-state index contributed by atoms with van der Waals surface area (Å²) in [6.07, 6.45) is 4.87. The number of halogens is 2. The fourth-order valence-corrected chi connectivity index (χ4v) is 3.65. The fourth-order valence-electron chi connectivity index (χ4n) is 3.65. The van der Waals surface area contributed by atoms with Crippen molar-refractivity contribution < 1.29 is 13.2 Å². The van der Waals surface area contributed by atoms with Gasteiger partial charge >= 0.3 is 0 Å². The second kappa shape index (κ2) is 6.40. The summed E-state index contributed by atoms with van der Waals surface area (Å²) >= 11 is 0. The molecule has 1 aliphatic heterocycles. The summed E-state index contributed by atoms with van der Waals surface area (Å²) in [4.78, 5) is 6.64. The zero-order valence-corrected chi connectivity index (χ0v) is 14.6. The average molecular weight is 378 g/mol. The molecule has 1 aliphatic rings. The molecular weight excluding hydrogens is 365 g/mol. The highest BCUT2D eigenvalue weighted by Gasteiger charge is 2.30. The number of benzene rings is 1. The number of nitrogens with zero attached hydrogens (tertiary/aromatic N) is 6. The van der Waals surface area contributed by atoms with Gasteiger partial charge in [0.1, 0.15) is 23.0 Å². The molecule has 0 saturated carbocycles. The topological polar surface area (TPSA) is 72.3 Å². The van der Waals surface area contributed by atoms with E-state index >= 15 is 0 Å². The van der Waals surface area contributed by atoms with E-state index in [0.717, 1.165) is 18.6 Å². The Balaban J connectivity index is 1.57. The maximum Gasteiger partial charge on any atom is 0.252 e. The second-order valence-electron chi connectivity index (χ2n) is 6.57. The molecule has 4 aromatic rings. The van der Waals surface area contributed by atoms with Crippen LogP contribution in [0.3, 0.4) is 0 Å². The standard InChI is InChI=1S/C18H13BF2N6O/c19-18-25-24-17(28-18)12-9-22-27-7-5-15(23-16(12)27)26-6-1-2-14(26)11-8-10(20)3-4-13(11)21/h3-5,7-9,14H,1-2,6H2/t14-/m1/s1. The Bertz CT molecular complexity index is 1180. The number of hydrogen-bond acceptors (Lipinski definition) is 6. The molecule has 10 heteroatoms. The van der Waals surface area contributed by atoms with Gasteiger partial charge in [-0.3, -0.25) is 0 Å². The van der Waals surface area contributed by atoms with E-state index < -0.39 is 11.6 Å². The van der Waals surface area contributed by atoms with Gasteiger partial charge in [0.25, 0.3) is 5.89 Å². The van der Waals surface area contributed by atoms with Crippen LogP contribution >= 0.6 is 0 Å². The molecule has 3 aromatic heterocycles. The van der Waals surface area contributed by atoms with Crippen LogP contribution in [0.15, 0.2) is 41.1 Å². The van der Waals surface area contributed by atoms with Crippen LogP contribution in [-0.4, -0.2) is 39.2 Å². The summed E-state index contributed by atoms with van der Waals surface area (Å²) < 4.78 is 34.9. The summed E-state index contributed by atoms with van der Waals surface area (Å²) in [6, 6.07) is 5.03. The Labute approximate surface area is 159 Å². The van der Waals surface area contributed by atoms with E-state index in [0.29, 0.717) is 35.6 Å². The Hall–Kier alpha value is -3.30. The van der Waals surface area contributed by atoms with Crippen LogP contribution in [0.25, 0.3) is 17.1 Å². The quantitative estimate of drug-likeness (QED) is 0.509. The molecule has 5 rings (SSSR count). The molecule has 138 valence electrons. The van der Waals surface area contributed by atoms with Gasteiger partial charge in [0.15, 0.2) is 19.3 Å². The van der Waals surface area contributed by atoms with Crippen LogP contribution in [0.1, 0.15) is 24.4 Å². The molecule has 4 heterocycles. The lowest BCUT2D eigenvalue weighted by Gasteiger charge is -2.26. The SMILES string of the molecule is [B]c1nnc(-c2cnn3ccc(N4CCC[C@@H]4c4cc(F)ccc4F)nc23)o1. The minimum atomic E-state index is -0.460. The predicted molar refractivity (Wildman–Crippen MR) is 97.3 cm³/mol. The van der Waals surface area contributed by atoms with Crippen molar-refractivity contribution in [2.45, 2.75) is 18.9 Å². The zero-order chi connectivity index (χ0) is 19.3. The molecule has 0 amide bonds. The van der Waals surface area contributed by atoms with Crippen molar-refractivity contribution in [3.63, 3.8) is 0 Å². The first-order valence-electron chi connectivity index (χ1n) is 8.75. The first-order valence-corrected chi connectivity index (χ1v) is 8.75. The lowest BCUT2D eigenvalue weighted by molar-refractivity contribution is 0.560. The summed E-state index contributed by atoms with van der Waals surface area (Å²) in [6.45, 7) is 0.681. The molecule has 7 nitrogen and oxygen atoms in total. The molecule has 0 unspecified atom stereocenters. The summed E-state index contributed by atoms with van der Waals surface area (Å²) in [5.41, 5.74) is 1.38. The first-order chi connectivity index (χ1) is 13.6. The molecule has 0 N–H and O–H groups in total. The highest BCUT2D eigenvalue weighted by molar-refractivity contribution is 6.28. The third kappa shape index (κ3) is 2.72. The number of anilines is 1. The zero-order valence-electron chi connectivity index (χ0n) is 14.6. The first kappa shape index (κ1) is 16.8. The molecule has 0 aliphatic carbocycles. The Morgan fingerprint density at radius 3 is 2.89 bits per heavy atom. The molecule has 1 saturated heterocycles. The molecule has 1 atom stereocenters. The van der Waals surface area contributed by atoms with Crippen LogP contribution in [0.5, 0.6) is 0 Å². The van der Waals surface area contributed by atoms with Gasteiger partial charge < -0.3 is 9.32 Å². The van der Waals surface area contributed by atoms with Crippen molar-refractivity contribution in [1.29, 1.82) is 0 Å². The number of rotatable bonds is 3. The van der Waals surface area contributed by atoms with Crippen LogP contribution in [-0.2, 0) is 0 Å². The Morgan fingerprint density at radius 1 is 1.18 bits per heavy atom. The van der Waals surface area contributed by atoms with E-state index in [9.17, 15) is 8.78 Å². The highest BCUT2D eigenvalue weighted by atomic mass is 19.1. The number of aromatic nitrogens is 5. The fraction of sp³-hybridized carbons (Fsp3) is 0.222. The maximum atomic E-state index is 14.3. The maximum absolute atomic E-state index is 14.3. The van der Waals surface area contributed by atoms with E-state index in [4.69, 9.17) is 12.3 Å². The van der Waals surface area contributed by atoms with Gasteiger partial charge in [0, 0.05) is 18.3 Å². The predicted octanol–water partition coefficient (Wildman–Crippen LogP) is 2.19. The van der Waals surface area contributed by atoms with Crippen molar-refractivity contribution in [2.24, 2.45) is 0 Å². The lowest BCUT2D eigenvalue weighted by atomic mass is 10.0. The molecule has 1 fully saturated rings. The monoisotopic (exact) mass is 378 g/mol. The minimum absolute atomic E-state index is 0.0494. The van der Waals surface area contributed by atoms with Gasteiger partial charge in [0.05, 0.1) is 12.2 Å². The Kier molecular flexibility index (Phi) is 3.85. The Morgan fingerprint density at radius 2 is 2.07 bits per heavy atom. The van der Waals surface area contributed by atoms with Gasteiger partial charge in [-0.05, 0) is 37.1 Å². The number of hydrogen-bond donors (Lipinski definition) is 0. The average Bonchev–Trinajstić information content (AvgIpc) is 3.42. The largest absolute Gasteiger partial charge is 0.432 e. The smallest absolute Gasteiger partial charge is 0.252 e. The van der Waals surface area contributed by atoms with Crippen LogP contribution in [0.2, 0.25) is 0 Å². The molecule has 2 radical (unpaired) electrons. The van der Waals surface area contributed by atoms with Crippen LogP contribution < -0.4 is 10.7 Å². The van der Waals surface area contributed by atoms with Crippen molar-refractivity contribution in [1.82, 2.24) is 24.8 Å².